The molecule has 1 aromatic heterocycles. The van der Waals surface area contributed by atoms with Crippen molar-refractivity contribution in [3.8, 4) is 0 Å². The molecule has 1 aliphatic heterocycles. The van der Waals surface area contributed by atoms with E-state index in [1.165, 1.54) is 6.42 Å². The molecule has 1 amide bonds. The molecule has 1 aliphatic rings. The Morgan fingerprint density at radius 3 is 2.85 bits per heavy atom. The summed E-state index contributed by atoms with van der Waals surface area (Å²) >= 11 is 1.56. The molecule has 0 bridgehead atoms. The lowest BCUT2D eigenvalue weighted by Gasteiger charge is -2.26. The number of aromatic nitrogens is 2. The lowest BCUT2D eigenvalue weighted by atomic mass is 10.1. The highest BCUT2D eigenvalue weighted by molar-refractivity contribution is 8.00. The third kappa shape index (κ3) is 2.93. The Labute approximate surface area is 122 Å². The average Bonchev–Trinajstić information content (AvgIpc) is 2.53. The number of hydrogen-bond donors (Lipinski definition) is 0. The van der Waals surface area contributed by atoms with E-state index in [4.69, 9.17) is 0 Å². The first kappa shape index (κ1) is 13.4. The molecular weight excluding hydrogens is 270 g/mol. The number of piperidine rings is 1. The Balaban J connectivity index is 1.69. The molecule has 1 aromatic carbocycles. The van der Waals surface area contributed by atoms with Crippen LogP contribution in [0, 0.1) is 0 Å². The molecule has 0 radical (unpaired) electrons. The van der Waals surface area contributed by atoms with Gasteiger partial charge in [-0.15, -0.1) is 11.8 Å². The molecule has 3 rings (SSSR count). The molecule has 0 unspecified atom stereocenters. The van der Waals surface area contributed by atoms with Crippen molar-refractivity contribution in [1.82, 2.24) is 15.1 Å². The van der Waals surface area contributed by atoms with E-state index in [1.54, 1.807) is 18.0 Å². The maximum atomic E-state index is 12.2. The van der Waals surface area contributed by atoms with Crippen molar-refractivity contribution in [2.45, 2.75) is 24.2 Å². The number of fused-ring (bicyclic) bond motifs is 1. The lowest BCUT2D eigenvalue weighted by molar-refractivity contribution is -0.129. The van der Waals surface area contributed by atoms with Gasteiger partial charge in [0, 0.05) is 23.4 Å². The van der Waals surface area contributed by atoms with Crippen LogP contribution in [-0.2, 0) is 4.79 Å². The Morgan fingerprint density at radius 1 is 1.20 bits per heavy atom. The van der Waals surface area contributed by atoms with Gasteiger partial charge in [0.2, 0.25) is 5.91 Å². The van der Waals surface area contributed by atoms with Crippen LogP contribution in [0.3, 0.4) is 0 Å². The van der Waals surface area contributed by atoms with Crippen molar-refractivity contribution in [1.29, 1.82) is 0 Å². The van der Waals surface area contributed by atoms with E-state index in [0.717, 1.165) is 41.7 Å². The molecule has 0 spiro atoms. The number of nitrogens with zero attached hydrogens (tertiary/aromatic N) is 3. The molecule has 0 aliphatic carbocycles. The third-order valence-electron chi connectivity index (χ3n) is 3.57. The molecule has 1 saturated heterocycles. The standard InChI is InChI=1S/C15H17N3OS/c19-15(18-8-4-1-5-9-18)11-20-14-10-16-17-13-7-3-2-6-12(13)14/h2-3,6-7,10H,1,4-5,8-9,11H2. The molecule has 0 atom stereocenters. The number of rotatable bonds is 3. The molecule has 20 heavy (non-hydrogen) atoms. The molecule has 5 heteroatoms. The average molecular weight is 287 g/mol. The summed E-state index contributed by atoms with van der Waals surface area (Å²) in [7, 11) is 0. The van der Waals surface area contributed by atoms with Crippen LogP contribution < -0.4 is 0 Å². The SMILES string of the molecule is O=C(CSc1cnnc2ccccc12)N1CCCCC1. The van der Waals surface area contributed by atoms with Crippen LogP contribution in [0.15, 0.2) is 35.4 Å². The molecule has 2 aromatic rings. The minimum absolute atomic E-state index is 0.232. The first-order valence-corrected chi connectivity index (χ1v) is 7.94. The van der Waals surface area contributed by atoms with Crippen molar-refractivity contribution in [3.63, 3.8) is 0 Å². The van der Waals surface area contributed by atoms with E-state index in [9.17, 15) is 4.79 Å². The zero-order valence-corrected chi connectivity index (χ0v) is 12.1. The van der Waals surface area contributed by atoms with Gasteiger partial charge in [0.1, 0.15) is 0 Å². The maximum Gasteiger partial charge on any atom is 0.232 e. The second kappa shape index (κ2) is 6.22. The van der Waals surface area contributed by atoms with Crippen molar-refractivity contribution < 1.29 is 4.79 Å². The number of benzene rings is 1. The lowest BCUT2D eigenvalue weighted by Crippen LogP contribution is -2.36. The highest BCUT2D eigenvalue weighted by Gasteiger charge is 2.16. The monoisotopic (exact) mass is 287 g/mol. The maximum absolute atomic E-state index is 12.2. The van der Waals surface area contributed by atoms with E-state index in [0.29, 0.717) is 5.75 Å². The van der Waals surface area contributed by atoms with E-state index in [1.807, 2.05) is 29.2 Å². The Bertz CT molecular complexity index is 606. The van der Waals surface area contributed by atoms with Gasteiger partial charge in [-0.1, -0.05) is 18.2 Å². The van der Waals surface area contributed by atoms with Gasteiger partial charge >= 0.3 is 0 Å². The highest BCUT2D eigenvalue weighted by Crippen LogP contribution is 2.26. The van der Waals surface area contributed by atoms with E-state index in [2.05, 4.69) is 10.2 Å². The highest BCUT2D eigenvalue weighted by atomic mass is 32.2. The minimum atomic E-state index is 0.232. The smallest absolute Gasteiger partial charge is 0.232 e. The zero-order valence-electron chi connectivity index (χ0n) is 11.3. The molecule has 0 saturated carbocycles. The number of carbonyl (C=O) groups excluding carboxylic acids is 1. The summed E-state index contributed by atoms with van der Waals surface area (Å²) < 4.78 is 0. The molecule has 2 heterocycles. The molecule has 4 nitrogen and oxygen atoms in total. The number of likely N-dealkylation sites (tertiary alicyclic amines) is 1. The van der Waals surface area contributed by atoms with E-state index >= 15 is 0 Å². The summed E-state index contributed by atoms with van der Waals surface area (Å²) in [5, 5.41) is 9.18. The second-order valence-corrected chi connectivity index (χ2v) is 5.97. The Morgan fingerprint density at radius 2 is 2.00 bits per heavy atom. The van der Waals surface area contributed by atoms with Gasteiger partial charge in [0.15, 0.2) is 0 Å². The van der Waals surface area contributed by atoms with Gasteiger partial charge in [-0.2, -0.15) is 10.2 Å². The van der Waals surface area contributed by atoms with Crippen molar-refractivity contribution in [2.75, 3.05) is 18.8 Å². The van der Waals surface area contributed by atoms with Crippen LogP contribution in [0.1, 0.15) is 19.3 Å². The van der Waals surface area contributed by atoms with Crippen LogP contribution >= 0.6 is 11.8 Å². The molecule has 0 N–H and O–H groups in total. The fourth-order valence-electron chi connectivity index (χ4n) is 2.47. The van der Waals surface area contributed by atoms with Crippen molar-refractivity contribution in [2.24, 2.45) is 0 Å². The summed E-state index contributed by atoms with van der Waals surface area (Å²) in [5.41, 5.74) is 0.878. The third-order valence-corrected chi connectivity index (χ3v) is 4.60. The first-order valence-electron chi connectivity index (χ1n) is 6.95. The Hall–Kier alpha value is -1.62. The van der Waals surface area contributed by atoms with E-state index in [-0.39, 0.29) is 5.91 Å². The number of hydrogen-bond acceptors (Lipinski definition) is 4. The fraction of sp³-hybridized carbons (Fsp3) is 0.400. The van der Waals surface area contributed by atoms with Crippen LogP contribution in [0.5, 0.6) is 0 Å². The van der Waals surface area contributed by atoms with Gasteiger partial charge in [-0.25, -0.2) is 0 Å². The quantitative estimate of drug-likeness (QED) is 0.814. The van der Waals surface area contributed by atoms with Gasteiger partial charge in [-0.3, -0.25) is 4.79 Å². The summed E-state index contributed by atoms with van der Waals surface area (Å²) in [6.07, 6.45) is 5.26. The van der Waals surface area contributed by atoms with Crippen LogP contribution in [0.2, 0.25) is 0 Å². The molecule has 1 fully saturated rings. The Kier molecular flexibility index (Phi) is 4.16. The van der Waals surface area contributed by atoms with Gasteiger partial charge < -0.3 is 4.90 Å². The number of amides is 1. The van der Waals surface area contributed by atoms with Gasteiger partial charge in [-0.05, 0) is 25.3 Å². The first-order chi connectivity index (χ1) is 9.84. The zero-order chi connectivity index (χ0) is 13.8. The topological polar surface area (TPSA) is 46.1 Å². The van der Waals surface area contributed by atoms with Crippen molar-refractivity contribution >= 4 is 28.6 Å². The second-order valence-electron chi connectivity index (χ2n) is 4.96. The molecular formula is C15H17N3OS. The largest absolute Gasteiger partial charge is 0.342 e. The van der Waals surface area contributed by atoms with Gasteiger partial charge in [0.25, 0.3) is 0 Å². The number of carbonyl (C=O) groups is 1. The van der Waals surface area contributed by atoms with Crippen LogP contribution in [-0.4, -0.2) is 39.8 Å². The summed E-state index contributed by atoms with van der Waals surface area (Å²) in [5.74, 6) is 0.714. The van der Waals surface area contributed by atoms with Gasteiger partial charge in [0.05, 0.1) is 17.5 Å². The molecule has 104 valence electrons. The summed E-state index contributed by atoms with van der Waals surface area (Å²) in [6, 6.07) is 7.90. The number of thioether (sulfide) groups is 1. The van der Waals surface area contributed by atoms with Crippen LogP contribution in [0.25, 0.3) is 10.9 Å². The van der Waals surface area contributed by atoms with Crippen LogP contribution in [0.4, 0.5) is 0 Å². The normalized spacial score (nSPS) is 15.5. The predicted molar refractivity (Wildman–Crippen MR) is 80.7 cm³/mol. The van der Waals surface area contributed by atoms with E-state index < -0.39 is 0 Å². The minimum Gasteiger partial charge on any atom is -0.342 e. The fourth-order valence-corrected chi connectivity index (χ4v) is 3.38. The predicted octanol–water partition coefficient (Wildman–Crippen LogP) is 2.73. The summed E-state index contributed by atoms with van der Waals surface area (Å²) in [4.78, 5) is 15.2. The summed E-state index contributed by atoms with van der Waals surface area (Å²) in [6.45, 7) is 1.82. The van der Waals surface area contributed by atoms with Crippen molar-refractivity contribution in [3.05, 3.63) is 30.5 Å².